The van der Waals surface area contributed by atoms with E-state index in [1.54, 1.807) is 12.1 Å². The fraction of sp³-hybridized carbons (Fsp3) is 0.562. The first kappa shape index (κ1) is 19.7. The predicted octanol–water partition coefficient (Wildman–Crippen LogP) is 4.10. The van der Waals surface area contributed by atoms with Gasteiger partial charge in [-0.1, -0.05) is 30.6 Å². The molecule has 0 spiro atoms. The zero-order valence-corrected chi connectivity index (χ0v) is 14.8. The first-order chi connectivity index (χ1) is 11.6. The second kappa shape index (κ2) is 7.74. The number of nitrogens with zero attached hydrogens (tertiary/aromatic N) is 1. The predicted molar refractivity (Wildman–Crippen MR) is 86.7 cm³/mol. The number of halogens is 3. The summed E-state index contributed by atoms with van der Waals surface area (Å²) in [4.78, 5) is 0. The lowest BCUT2D eigenvalue weighted by molar-refractivity contribution is -0.141. The first-order valence-corrected chi connectivity index (χ1v) is 9.77. The van der Waals surface area contributed by atoms with E-state index in [-0.39, 0.29) is 17.6 Å². The molecule has 1 heterocycles. The van der Waals surface area contributed by atoms with Gasteiger partial charge in [-0.3, -0.25) is 4.18 Å². The van der Waals surface area contributed by atoms with Crippen LogP contribution in [0.5, 0.6) is 0 Å². The third kappa shape index (κ3) is 5.18. The lowest BCUT2D eigenvalue weighted by Gasteiger charge is -2.09. The van der Waals surface area contributed by atoms with Gasteiger partial charge in [0.15, 0.2) is 11.3 Å². The molecule has 0 unspecified atom stereocenters. The van der Waals surface area contributed by atoms with Gasteiger partial charge in [-0.25, -0.2) is 0 Å². The van der Waals surface area contributed by atoms with Crippen molar-refractivity contribution >= 4 is 21.1 Å². The molecule has 0 amide bonds. The molecule has 140 valence electrons. The van der Waals surface area contributed by atoms with E-state index in [0.717, 1.165) is 12.7 Å². The highest BCUT2D eigenvalue weighted by molar-refractivity contribution is 7.85. The van der Waals surface area contributed by atoms with Crippen molar-refractivity contribution in [3.05, 3.63) is 29.0 Å². The van der Waals surface area contributed by atoms with Gasteiger partial charge in [0.25, 0.3) is 10.1 Å². The molecule has 0 saturated carbocycles. The molecule has 1 aromatic heterocycles. The smallest absolute Gasteiger partial charge is 0.355 e. The van der Waals surface area contributed by atoms with Gasteiger partial charge in [-0.15, -0.1) is 0 Å². The maximum atomic E-state index is 13.2. The van der Waals surface area contributed by atoms with Crippen molar-refractivity contribution in [3.8, 4) is 0 Å². The number of aryl methyl sites for hydroxylation is 2. The molecule has 5 nitrogen and oxygen atoms in total. The van der Waals surface area contributed by atoms with Crippen LogP contribution in [0.1, 0.15) is 43.0 Å². The van der Waals surface area contributed by atoms with Crippen molar-refractivity contribution in [1.82, 2.24) is 5.16 Å². The van der Waals surface area contributed by atoms with E-state index in [1.807, 2.05) is 6.92 Å². The highest BCUT2D eigenvalue weighted by Gasteiger charge is 2.38. The normalized spacial score (nSPS) is 12.8. The summed E-state index contributed by atoms with van der Waals surface area (Å²) < 4.78 is 71.1. The van der Waals surface area contributed by atoms with Crippen LogP contribution < -0.4 is 0 Å². The third-order valence-corrected chi connectivity index (χ3v) is 4.31. The number of hydrogen-bond donors (Lipinski definition) is 0. The summed E-state index contributed by atoms with van der Waals surface area (Å²) in [5.41, 5.74) is 0.356. The summed E-state index contributed by atoms with van der Waals surface area (Å²) in [6.07, 6.45) is -1.01. The second-order valence-electron chi connectivity index (χ2n) is 5.85. The quantitative estimate of drug-likeness (QED) is 0.510. The molecular weight excluding hydrogens is 359 g/mol. The van der Waals surface area contributed by atoms with Crippen LogP contribution in [-0.4, -0.2) is 26.4 Å². The van der Waals surface area contributed by atoms with Gasteiger partial charge in [0.05, 0.1) is 18.2 Å². The molecule has 0 atom stereocenters. The molecule has 9 heteroatoms. The maximum absolute atomic E-state index is 13.2. The van der Waals surface area contributed by atoms with Crippen LogP contribution >= 0.6 is 0 Å². The van der Waals surface area contributed by atoms with Gasteiger partial charge in [0.1, 0.15) is 0 Å². The Bertz CT molecular complexity index is 828. The van der Waals surface area contributed by atoms with E-state index in [9.17, 15) is 21.6 Å². The Morgan fingerprint density at radius 2 is 1.84 bits per heavy atom. The Hall–Kier alpha value is -1.61. The minimum absolute atomic E-state index is 0.00230. The largest absolute Gasteiger partial charge is 0.437 e. The number of alkyl halides is 3. The highest BCUT2D eigenvalue weighted by Crippen LogP contribution is 2.37. The minimum Gasteiger partial charge on any atom is -0.355 e. The first-order valence-electron chi connectivity index (χ1n) is 7.95. The molecule has 0 radical (unpaired) electrons. The molecule has 2 aromatic rings. The lowest BCUT2D eigenvalue weighted by Crippen LogP contribution is -2.07. The molecule has 0 fully saturated rings. The average molecular weight is 379 g/mol. The molecule has 0 aliphatic carbocycles. The Morgan fingerprint density at radius 1 is 1.16 bits per heavy atom. The number of benzene rings is 1. The van der Waals surface area contributed by atoms with E-state index in [1.165, 1.54) is 0 Å². The second-order valence-corrected chi connectivity index (χ2v) is 7.49. The van der Waals surface area contributed by atoms with Crippen molar-refractivity contribution in [3.63, 3.8) is 0 Å². The third-order valence-electron chi connectivity index (χ3n) is 3.72. The molecule has 0 aliphatic rings. The minimum atomic E-state index is -4.59. The zero-order chi connectivity index (χ0) is 18.7. The van der Waals surface area contributed by atoms with E-state index in [0.29, 0.717) is 36.8 Å². The maximum Gasteiger partial charge on any atom is 0.437 e. The van der Waals surface area contributed by atoms with Crippen LogP contribution in [0, 0.1) is 0 Å². The fourth-order valence-electron chi connectivity index (χ4n) is 2.66. The van der Waals surface area contributed by atoms with E-state index < -0.39 is 22.0 Å². The van der Waals surface area contributed by atoms with Crippen LogP contribution in [0.4, 0.5) is 13.2 Å². The molecule has 0 bridgehead atoms. The van der Waals surface area contributed by atoms with Crippen molar-refractivity contribution < 1.29 is 30.3 Å². The summed E-state index contributed by atoms with van der Waals surface area (Å²) in [5.74, 6) is 0. The molecule has 2 rings (SSSR count). The Balaban J connectivity index is 2.24. The summed E-state index contributed by atoms with van der Waals surface area (Å²) in [7, 11) is -3.51. The zero-order valence-electron chi connectivity index (χ0n) is 14.0. The van der Waals surface area contributed by atoms with Crippen molar-refractivity contribution in [2.45, 2.75) is 45.2 Å². The topological polar surface area (TPSA) is 69.4 Å². The number of aromatic nitrogens is 1. The number of hydrogen-bond acceptors (Lipinski definition) is 5. The van der Waals surface area contributed by atoms with Gasteiger partial charge in [0.2, 0.25) is 0 Å². The molecule has 25 heavy (non-hydrogen) atoms. The summed E-state index contributed by atoms with van der Waals surface area (Å²) in [5, 5.41) is 3.25. The molecule has 0 aliphatic heterocycles. The molecular formula is C16H20F3NO4S. The fourth-order valence-corrected chi connectivity index (χ4v) is 3.08. The van der Waals surface area contributed by atoms with Gasteiger partial charge in [-0.2, -0.15) is 21.6 Å². The number of fused-ring (bicyclic) bond motifs is 1. The monoisotopic (exact) mass is 379 g/mol. The lowest BCUT2D eigenvalue weighted by atomic mass is 9.98. The molecule has 0 saturated heterocycles. The van der Waals surface area contributed by atoms with E-state index >= 15 is 0 Å². The Morgan fingerprint density at radius 3 is 2.44 bits per heavy atom. The van der Waals surface area contributed by atoms with Crippen LogP contribution in [-0.2, 0) is 33.3 Å². The van der Waals surface area contributed by atoms with Crippen LogP contribution in [0.15, 0.2) is 16.7 Å². The Labute approximate surface area is 144 Å². The average Bonchev–Trinajstić information content (AvgIpc) is 2.93. The number of rotatable bonds is 8. The van der Waals surface area contributed by atoms with Gasteiger partial charge in [-0.05, 0) is 36.8 Å². The summed E-state index contributed by atoms with van der Waals surface area (Å²) in [6, 6.07) is 3.43. The van der Waals surface area contributed by atoms with Gasteiger partial charge in [0, 0.05) is 0 Å². The van der Waals surface area contributed by atoms with Gasteiger partial charge >= 0.3 is 6.18 Å². The standard InChI is InChI=1S/C16H20F3NO4S/c1-3-6-12-9-8-11(7-4-5-10-23-25(2,21)22)13-14(12)24-20-15(13)16(17,18)19/h8-9H,3-7,10H2,1-2H3. The van der Waals surface area contributed by atoms with Crippen molar-refractivity contribution in [2.24, 2.45) is 0 Å². The van der Waals surface area contributed by atoms with E-state index in [4.69, 9.17) is 4.52 Å². The Kier molecular flexibility index (Phi) is 6.10. The van der Waals surface area contributed by atoms with Gasteiger partial charge < -0.3 is 4.52 Å². The van der Waals surface area contributed by atoms with E-state index in [2.05, 4.69) is 9.34 Å². The van der Waals surface area contributed by atoms with Crippen LogP contribution in [0.25, 0.3) is 11.0 Å². The number of unbranched alkanes of at least 4 members (excludes halogenated alkanes) is 1. The van der Waals surface area contributed by atoms with Crippen LogP contribution in [0.3, 0.4) is 0 Å². The summed E-state index contributed by atoms with van der Waals surface area (Å²) >= 11 is 0. The molecule has 0 N–H and O–H groups in total. The molecule has 1 aromatic carbocycles. The van der Waals surface area contributed by atoms with Crippen LogP contribution in [0.2, 0.25) is 0 Å². The highest BCUT2D eigenvalue weighted by atomic mass is 32.2. The van der Waals surface area contributed by atoms with Crippen molar-refractivity contribution in [2.75, 3.05) is 12.9 Å². The van der Waals surface area contributed by atoms with Crippen molar-refractivity contribution in [1.29, 1.82) is 0 Å². The summed E-state index contributed by atoms with van der Waals surface area (Å²) in [6.45, 7) is 1.94. The SMILES string of the molecule is CCCc1ccc(CCCCOS(C)(=O)=O)c2c(C(F)(F)F)noc12.